The molecule has 176 valence electrons. The summed E-state index contributed by atoms with van der Waals surface area (Å²) in [6.07, 6.45) is 0. The average Bonchev–Trinajstić information content (AvgIpc) is 3.41. The molecule has 1 atom stereocenters. The number of thiazole rings is 1. The molecular formula is C26H19FN2O5S. The maximum atomic E-state index is 13.8. The number of carbonyl (C=O) groups excluding carboxylic acids is 2. The van der Waals surface area contributed by atoms with Gasteiger partial charge in [0, 0.05) is 5.56 Å². The topological polar surface area (TPSA) is 89.0 Å². The molecule has 1 N–H and O–H groups in total. The molecule has 5 rings (SSSR count). The lowest BCUT2D eigenvalue weighted by atomic mass is 9.95. The number of carbonyl (C=O) groups is 2. The molecule has 0 spiro atoms. The van der Waals surface area contributed by atoms with Crippen molar-refractivity contribution in [2.45, 2.75) is 6.04 Å². The van der Waals surface area contributed by atoms with Crippen LogP contribution >= 0.6 is 11.3 Å². The van der Waals surface area contributed by atoms with Gasteiger partial charge >= 0.3 is 5.91 Å². The number of amides is 1. The van der Waals surface area contributed by atoms with E-state index in [9.17, 15) is 19.1 Å². The fourth-order valence-electron chi connectivity index (χ4n) is 4.05. The summed E-state index contributed by atoms with van der Waals surface area (Å²) in [6.45, 7) is 0. The number of aliphatic hydroxyl groups excluding tert-OH is 1. The van der Waals surface area contributed by atoms with Crippen LogP contribution in [0.5, 0.6) is 11.5 Å². The van der Waals surface area contributed by atoms with Gasteiger partial charge in [-0.2, -0.15) is 0 Å². The van der Waals surface area contributed by atoms with E-state index < -0.39 is 23.5 Å². The highest BCUT2D eigenvalue weighted by Crippen LogP contribution is 2.45. The van der Waals surface area contributed by atoms with E-state index in [1.807, 2.05) is 0 Å². The minimum atomic E-state index is -0.974. The number of anilines is 1. The second kappa shape index (κ2) is 8.84. The summed E-state index contributed by atoms with van der Waals surface area (Å²) in [5.74, 6) is -1.35. The summed E-state index contributed by atoms with van der Waals surface area (Å²) in [4.78, 5) is 32.3. The number of fused-ring (bicyclic) bond motifs is 1. The van der Waals surface area contributed by atoms with Crippen LogP contribution in [0.2, 0.25) is 0 Å². The Morgan fingerprint density at radius 1 is 1.00 bits per heavy atom. The highest BCUT2D eigenvalue weighted by molar-refractivity contribution is 7.22. The fourth-order valence-corrected chi connectivity index (χ4v) is 5.07. The van der Waals surface area contributed by atoms with Crippen LogP contribution in [-0.4, -0.2) is 36.0 Å². The molecule has 0 radical (unpaired) electrons. The minimum Gasteiger partial charge on any atom is -0.507 e. The molecule has 1 amide bonds. The van der Waals surface area contributed by atoms with Gasteiger partial charge in [0.2, 0.25) is 0 Å². The normalized spacial score (nSPS) is 17.2. The third kappa shape index (κ3) is 3.89. The SMILES string of the molecule is COc1ccc(C(O)=C2C(=O)C(=O)N(c3nc4ccc(F)cc4s3)C2c2cccc(OC)c2)cc1. The summed E-state index contributed by atoms with van der Waals surface area (Å²) < 4.78 is 24.8. The first-order valence-electron chi connectivity index (χ1n) is 10.6. The second-order valence-electron chi connectivity index (χ2n) is 7.78. The summed E-state index contributed by atoms with van der Waals surface area (Å²) in [7, 11) is 3.03. The molecule has 1 fully saturated rings. The Labute approximate surface area is 203 Å². The third-order valence-electron chi connectivity index (χ3n) is 5.76. The molecule has 35 heavy (non-hydrogen) atoms. The Hall–Kier alpha value is -4.24. The van der Waals surface area contributed by atoms with Gasteiger partial charge in [-0.15, -0.1) is 0 Å². The van der Waals surface area contributed by atoms with E-state index in [2.05, 4.69) is 4.98 Å². The number of Topliss-reactive ketones (excluding diaryl/α,β-unsaturated/α-hetero) is 1. The number of hydrogen-bond acceptors (Lipinski definition) is 7. The molecular weight excluding hydrogens is 471 g/mol. The number of benzene rings is 3. The summed E-state index contributed by atoms with van der Waals surface area (Å²) in [5.41, 5.74) is 1.30. The van der Waals surface area contributed by atoms with Crippen LogP contribution in [0.3, 0.4) is 0 Å². The lowest BCUT2D eigenvalue weighted by molar-refractivity contribution is -0.132. The molecule has 1 aromatic heterocycles. The molecule has 1 saturated heterocycles. The Morgan fingerprint density at radius 2 is 1.74 bits per heavy atom. The van der Waals surface area contributed by atoms with Crippen LogP contribution in [-0.2, 0) is 9.59 Å². The maximum absolute atomic E-state index is 13.8. The number of aliphatic hydroxyl groups is 1. The van der Waals surface area contributed by atoms with Crippen molar-refractivity contribution < 1.29 is 28.6 Å². The van der Waals surface area contributed by atoms with Crippen LogP contribution in [0.25, 0.3) is 16.0 Å². The number of nitrogens with zero attached hydrogens (tertiary/aromatic N) is 2. The van der Waals surface area contributed by atoms with Crippen molar-refractivity contribution >= 4 is 44.1 Å². The van der Waals surface area contributed by atoms with Crippen molar-refractivity contribution in [1.82, 2.24) is 4.98 Å². The molecule has 2 heterocycles. The van der Waals surface area contributed by atoms with Crippen molar-refractivity contribution in [3.05, 3.63) is 89.2 Å². The molecule has 3 aromatic carbocycles. The van der Waals surface area contributed by atoms with E-state index in [-0.39, 0.29) is 16.5 Å². The fraction of sp³-hybridized carbons (Fsp3) is 0.115. The molecule has 0 bridgehead atoms. The number of hydrogen-bond donors (Lipinski definition) is 1. The Balaban J connectivity index is 1.72. The van der Waals surface area contributed by atoms with Crippen molar-refractivity contribution in [2.24, 2.45) is 0 Å². The Morgan fingerprint density at radius 3 is 2.46 bits per heavy atom. The van der Waals surface area contributed by atoms with Crippen LogP contribution in [0, 0.1) is 5.82 Å². The highest BCUT2D eigenvalue weighted by Gasteiger charge is 2.48. The summed E-state index contributed by atoms with van der Waals surface area (Å²) >= 11 is 1.09. The molecule has 1 aliphatic heterocycles. The van der Waals surface area contributed by atoms with Crippen molar-refractivity contribution in [3.8, 4) is 11.5 Å². The zero-order chi connectivity index (χ0) is 24.7. The number of methoxy groups -OCH3 is 2. The monoisotopic (exact) mass is 490 g/mol. The average molecular weight is 491 g/mol. The molecule has 1 unspecified atom stereocenters. The van der Waals surface area contributed by atoms with Crippen LogP contribution in [0.4, 0.5) is 9.52 Å². The molecule has 9 heteroatoms. The smallest absolute Gasteiger partial charge is 0.301 e. The molecule has 4 aromatic rings. The first-order chi connectivity index (χ1) is 16.9. The van der Waals surface area contributed by atoms with Crippen LogP contribution in [0.1, 0.15) is 17.2 Å². The number of rotatable bonds is 5. The minimum absolute atomic E-state index is 0.0844. The van der Waals surface area contributed by atoms with E-state index in [4.69, 9.17) is 9.47 Å². The van der Waals surface area contributed by atoms with Gasteiger partial charge in [-0.1, -0.05) is 23.5 Å². The van der Waals surface area contributed by atoms with Gasteiger partial charge in [-0.05, 0) is 60.2 Å². The van der Waals surface area contributed by atoms with Gasteiger partial charge in [0.25, 0.3) is 5.78 Å². The zero-order valence-corrected chi connectivity index (χ0v) is 19.5. The van der Waals surface area contributed by atoms with Gasteiger partial charge in [0.05, 0.1) is 36.1 Å². The van der Waals surface area contributed by atoms with E-state index in [1.165, 1.54) is 37.3 Å². The lowest BCUT2D eigenvalue weighted by Crippen LogP contribution is -2.29. The van der Waals surface area contributed by atoms with Crippen molar-refractivity contribution in [1.29, 1.82) is 0 Å². The predicted octanol–water partition coefficient (Wildman–Crippen LogP) is 5.08. The second-order valence-corrected chi connectivity index (χ2v) is 8.79. The Kier molecular flexibility index (Phi) is 5.70. The highest BCUT2D eigenvalue weighted by atomic mass is 32.1. The molecule has 7 nitrogen and oxygen atoms in total. The number of aromatic nitrogens is 1. The quantitative estimate of drug-likeness (QED) is 0.239. The van der Waals surface area contributed by atoms with Gasteiger partial charge in [0.15, 0.2) is 5.13 Å². The summed E-state index contributed by atoms with van der Waals surface area (Å²) in [5, 5.41) is 11.4. The van der Waals surface area contributed by atoms with Gasteiger partial charge in [-0.3, -0.25) is 14.5 Å². The lowest BCUT2D eigenvalue weighted by Gasteiger charge is -2.23. The van der Waals surface area contributed by atoms with E-state index >= 15 is 0 Å². The predicted molar refractivity (Wildman–Crippen MR) is 130 cm³/mol. The number of ketones is 1. The van der Waals surface area contributed by atoms with Crippen LogP contribution < -0.4 is 14.4 Å². The molecule has 1 aliphatic rings. The first-order valence-corrected chi connectivity index (χ1v) is 11.4. The van der Waals surface area contributed by atoms with Crippen LogP contribution in [0.15, 0.2) is 72.3 Å². The third-order valence-corrected chi connectivity index (χ3v) is 6.78. The van der Waals surface area contributed by atoms with E-state index in [1.54, 1.807) is 48.5 Å². The van der Waals surface area contributed by atoms with Crippen molar-refractivity contribution in [2.75, 3.05) is 19.1 Å². The van der Waals surface area contributed by atoms with E-state index in [0.717, 1.165) is 11.3 Å². The summed E-state index contributed by atoms with van der Waals surface area (Å²) in [6, 6.07) is 16.5. The first kappa shape index (κ1) is 22.5. The number of halogens is 1. The van der Waals surface area contributed by atoms with Crippen molar-refractivity contribution in [3.63, 3.8) is 0 Å². The van der Waals surface area contributed by atoms with Gasteiger partial charge < -0.3 is 14.6 Å². The van der Waals surface area contributed by atoms with Gasteiger partial charge in [0.1, 0.15) is 23.1 Å². The molecule has 0 aliphatic carbocycles. The Bertz CT molecular complexity index is 1500. The van der Waals surface area contributed by atoms with E-state index in [0.29, 0.717) is 32.8 Å². The largest absolute Gasteiger partial charge is 0.507 e. The zero-order valence-electron chi connectivity index (χ0n) is 18.7. The maximum Gasteiger partial charge on any atom is 0.301 e. The standard InChI is InChI=1S/C26H19FN2O5S/c1-33-17-9-6-14(7-10-17)23(30)21-22(15-4-3-5-18(12-15)34-2)29(25(32)24(21)31)26-28-19-11-8-16(27)13-20(19)35-26/h3-13,22,30H,1-2H3. The van der Waals surface area contributed by atoms with Gasteiger partial charge in [-0.25, -0.2) is 9.37 Å². The number of ether oxygens (including phenoxy) is 2. The molecule has 0 saturated carbocycles.